The second kappa shape index (κ2) is 6.83. The predicted molar refractivity (Wildman–Crippen MR) is 100 cm³/mol. The molecule has 3 rings (SSSR count). The van der Waals surface area contributed by atoms with E-state index in [4.69, 9.17) is 4.74 Å². The van der Waals surface area contributed by atoms with E-state index in [9.17, 15) is 9.59 Å². The number of imide groups is 1. The van der Waals surface area contributed by atoms with Gasteiger partial charge in [0.15, 0.2) is 0 Å². The van der Waals surface area contributed by atoms with Crippen LogP contribution in [0.15, 0.2) is 42.5 Å². The lowest BCUT2D eigenvalue weighted by atomic mass is 9.91. The molecule has 1 aliphatic heterocycles. The van der Waals surface area contributed by atoms with Gasteiger partial charge in [0.2, 0.25) is 0 Å². The van der Waals surface area contributed by atoms with Gasteiger partial charge < -0.3 is 10.1 Å². The number of nitrogens with one attached hydrogen (secondary N) is 1. The van der Waals surface area contributed by atoms with E-state index in [2.05, 4.69) is 5.32 Å². The number of hydrogen-bond donors (Lipinski definition) is 1. The molecule has 0 saturated carbocycles. The Bertz CT molecular complexity index is 845. The maximum absolute atomic E-state index is 12.9. The number of carbonyl (C=O) groups is 2. The summed E-state index contributed by atoms with van der Waals surface area (Å²) in [5.74, 6) is 0.522. The van der Waals surface area contributed by atoms with Gasteiger partial charge in [-0.25, -0.2) is 4.79 Å². The van der Waals surface area contributed by atoms with Crippen molar-refractivity contribution in [3.8, 4) is 5.75 Å². The Balaban J connectivity index is 1.69. The third kappa shape index (κ3) is 3.29. The van der Waals surface area contributed by atoms with Gasteiger partial charge in [-0.15, -0.1) is 0 Å². The van der Waals surface area contributed by atoms with Gasteiger partial charge in [0, 0.05) is 0 Å². The lowest BCUT2D eigenvalue weighted by molar-refractivity contribution is -0.131. The van der Waals surface area contributed by atoms with E-state index in [0.29, 0.717) is 0 Å². The number of urea groups is 1. The van der Waals surface area contributed by atoms with Crippen LogP contribution in [0.4, 0.5) is 4.79 Å². The van der Waals surface area contributed by atoms with Crippen LogP contribution >= 0.6 is 0 Å². The molecule has 1 atom stereocenters. The molecule has 1 fully saturated rings. The van der Waals surface area contributed by atoms with Crippen molar-refractivity contribution in [2.45, 2.75) is 33.2 Å². The number of aryl methyl sites for hydroxylation is 3. The van der Waals surface area contributed by atoms with Gasteiger partial charge in [0.1, 0.15) is 17.9 Å². The molecule has 0 aliphatic carbocycles. The second-order valence-corrected chi connectivity index (χ2v) is 7.00. The summed E-state index contributed by atoms with van der Waals surface area (Å²) in [6, 6.07) is 13.2. The van der Waals surface area contributed by atoms with Crippen LogP contribution in [0, 0.1) is 20.8 Å². The van der Waals surface area contributed by atoms with Crippen molar-refractivity contribution < 1.29 is 14.3 Å². The average molecular weight is 352 g/mol. The molecular weight excluding hydrogens is 328 g/mol. The molecule has 2 aromatic rings. The fourth-order valence-electron chi connectivity index (χ4n) is 3.09. The number of benzene rings is 2. The van der Waals surface area contributed by atoms with E-state index in [1.54, 1.807) is 6.92 Å². The third-order valence-corrected chi connectivity index (χ3v) is 4.82. The summed E-state index contributed by atoms with van der Waals surface area (Å²) >= 11 is 0. The summed E-state index contributed by atoms with van der Waals surface area (Å²) in [6.07, 6.45) is 0. The smallest absolute Gasteiger partial charge is 0.325 e. The monoisotopic (exact) mass is 352 g/mol. The predicted octanol–water partition coefficient (Wildman–Crippen LogP) is 3.46. The molecule has 1 saturated heterocycles. The Morgan fingerprint density at radius 1 is 1.00 bits per heavy atom. The van der Waals surface area contributed by atoms with Crippen LogP contribution in [0.2, 0.25) is 0 Å². The minimum absolute atomic E-state index is 0.208. The highest BCUT2D eigenvalue weighted by atomic mass is 16.5. The number of ether oxygens (including phenoxy) is 1. The molecule has 2 aromatic carbocycles. The third-order valence-electron chi connectivity index (χ3n) is 4.82. The lowest BCUT2D eigenvalue weighted by Crippen LogP contribution is -2.41. The van der Waals surface area contributed by atoms with Crippen molar-refractivity contribution in [2.24, 2.45) is 0 Å². The fraction of sp³-hybridized carbons (Fsp3) is 0.333. The molecule has 0 radical (unpaired) electrons. The maximum Gasteiger partial charge on any atom is 0.325 e. The molecular formula is C21H24N2O3. The highest BCUT2D eigenvalue weighted by Gasteiger charge is 2.48. The van der Waals surface area contributed by atoms with Crippen molar-refractivity contribution in [1.29, 1.82) is 0 Å². The van der Waals surface area contributed by atoms with E-state index >= 15 is 0 Å². The van der Waals surface area contributed by atoms with E-state index in [1.165, 1.54) is 4.90 Å². The number of rotatable bonds is 5. The highest BCUT2D eigenvalue weighted by molar-refractivity contribution is 6.07. The Kier molecular flexibility index (Phi) is 4.72. The van der Waals surface area contributed by atoms with Crippen LogP contribution in [-0.4, -0.2) is 30.0 Å². The highest BCUT2D eigenvalue weighted by Crippen LogP contribution is 2.29. The normalized spacial score (nSPS) is 19.6. The van der Waals surface area contributed by atoms with E-state index in [-0.39, 0.29) is 25.1 Å². The Labute approximate surface area is 154 Å². The summed E-state index contributed by atoms with van der Waals surface area (Å²) < 4.78 is 5.79. The topological polar surface area (TPSA) is 58.6 Å². The van der Waals surface area contributed by atoms with Gasteiger partial charge in [-0.3, -0.25) is 9.69 Å². The molecule has 1 heterocycles. The second-order valence-electron chi connectivity index (χ2n) is 7.00. The first-order valence-corrected chi connectivity index (χ1v) is 8.72. The summed E-state index contributed by atoms with van der Waals surface area (Å²) in [5.41, 5.74) is 2.97. The molecule has 1 aliphatic rings. The fourth-order valence-corrected chi connectivity index (χ4v) is 3.09. The molecule has 5 heteroatoms. The van der Waals surface area contributed by atoms with Gasteiger partial charge >= 0.3 is 6.03 Å². The van der Waals surface area contributed by atoms with Gasteiger partial charge in [0.05, 0.1) is 6.54 Å². The molecule has 136 valence electrons. The van der Waals surface area contributed by atoms with Crippen LogP contribution < -0.4 is 10.1 Å². The first-order valence-electron chi connectivity index (χ1n) is 8.72. The lowest BCUT2D eigenvalue weighted by Gasteiger charge is -2.22. The maximum atomic E-state index is 12.9. The molecule has 0 aromatic heterocycles. The van der Waals surface area contributed by atoms with Gasteiger partial charge in [-0.2, -0.15) is 0 Å². The summed E-state index contributed by atoms with van der Waals surface area (Å²) in [6.45, 7) is 8.15. The van der Waals surface area contributed by atoms with Crippen LogP contribution in [0.5, 0.6) is 5.75 Å². The van der Waals surface area contributed by atoms with E-state index in [0.717, 1.165) is 28.0 Å². The molecule has 1 N–H and O–H groups in total. The molecule has 0 bridgehead atoms. The zero-order valence-electron chi connectivity index (χ0n) is 15.6. The number of amides is 3. The van der Waals surface area contributed by atoms with Crippen LogP contribution in [0.1, 0.15) is 29.2 Å². The minimum atomic E-state index is -1.04. The van der Waals surface area contributed by atoms with Crippen LogP contribution in [0.25, 0.3) is 0 Å². The Morgan fingerprint density at radius 3 is 2.35 bits per heavy atom. The quantitative estimate of drug-likeness (QED) is 0.839. The van der Waals surface area contributed by atoms with Gasteiger partial charge in [-0.1, -0.05) is 42.0 Å². The van der Waals surface area contributed by atoms with Crippen molar-refractivity contribution >= 4 is 11.9 Å². The zero-order chi connectivity index (χ0) is 18.9. The van der Waals surface area contributed by atoms with Gasteiger partial charge in [-0.05, 0) is 50.5 Å². The van der Waals surface area contributed by atoms with Gasteiger partial charge in [0.25, 0.3) is 5.91 Å². The summed E-state index contributed by atoms with van der Waals surface area (Å²) in [5, 5.41) is 2.82. The SMILES string of the molecule is Cc1ccc(C2(C)NC(=O)N(CCOc3cc(C)ccc3C)C2=O)cc1. The van der Waals surface area contributed by atoms with Crippen molar-refractivity contribution in [1.82, 2.24) is 10.2 Å². The first kappa shape index (κ1) is 18.0. The summed E-state index contributed by atoms with van der Waals surface area (Å²) in [4.78, 5) is 26.4. The largest absolute Gasteiger partial charge is 0.491 e. The minimum Gasteiger partial charge on any atom is -0.491 e. The first-order chi connectivity index (χ1) is 12.3. The molecule has 0 spiro atoms. The Morgan fingerprint density at radius 2 is 1.65 bits per heavy atom. The van der Waals surface area contributed by atoms with Crippen molar-refractivity contribution in [2.75, 3.05) is 13.2 Å². The van der Waals surface area contributed by atoms with Crippen LogP contribution in [0.3, 0.4) is 0 Å². The number of carbonyl (C=O) groups excluding carboxylic acids is 2. The number of nitrogens with zero attached hydrogens (tertiary/aromatic N) is 1. The Hall–Kier alpha value is -2.82. The molecule has 5 nitrogen and oxygen atoms in total. The van der Waals surface area contributed by atoms with E-state index < -0.39 is 5.54 Å². The number of hydrogen-bond acceptors (Lipinski definition) is 3. The van der Waals surface area contributed by atoms with Crippen molar-refractivity contribution in [3.05, 3.63) is 64.7 Å². The standard InChI is InChI=1S/C21H24N2O3/c1-14-6-9-17(10-7-14)21(4)19(24)23(20(25)22-21)11-12-26-18-13-15(2)5-8-16(18)3/h5-10,13H,11-12H2,1-4H3,(H,22,25). The summed E-state index contributed by atoms with van der Waals surface area (Å²) in [7, 11) is 0. The van der Waals surface area contributed by atoms with Crippen LogP contribution in [-0.2, 0) is 10.3 Å². The van der Waals surface area contributed by atoms with Crippen molar-refractivity contribution in [3.63, 3.8) is 0 Å². The zero-order valence-corrected chi connectivity index (χ0v) is 15.6. The molecule has 3 amide bonds. The van der Waals surface area contributed by atoms with E-state index in [1.807, 2.05) is 63.2 Å². The molecule has 1 unspecified atom stereocenters. The molecule has 26 heavy (non-hydrogen) atoms. The average Bonchev–Trinajstić information content (AvgIpc) is 2.82.